The number of hydrogen-bond acceptors (Lipinski definition) is 2. The highest BCUT2D eigenvalue weighted by Gasteiger charge is 1.96. The lowest BCUT2D eigenvalue weighted by Crippen LogP contribution is -1.99. The van der Waals surface area contributed by atoms with Crippen LogP contribution in [0, 0.1) is 13.8 Å². The average Bonchev–Trinajstić information content (AvgIpc) is 2.11. The van der Waals surface area contributed by atoms with Crippen molar-refractivity contribution in [1.82, 2.24) is 0 Å². The zero-order valence-corrected chi connectivity index (χ0v) is 9.43. The number of aryl methyl sites for hydroxylation is 2. The Balaban J connectivity index is 3.03. The molecule has 4 heteroatoms. The Morgan fingerprint density at radius 2 is 1.93 bits per heavy atom. The third-order valence-corrected chi connectivity index (χ3v) is 3.17. The molecule has 0 bridgehead atoms. The molecule has 0 saturated heterocycles. The monoisotopic (exact) mass is 212 g/mol. The van der Waals surface area contributed by atoms with E-state index in [0.29, 0.717) is 5.69 Å². The standard InChI is InChI=1S/C10H14NO2S/c1-4-14(12,13)11-10-7-8(2)5-6-9(10)3/h5-7H,4H2,1-3H3/q-1. The van der Waals surface area contributed by atoms with E-state index in [9.17, 15) is 8.42 Å². The molecule has 14 heavy (non-hydrogen) atoms. The Kier molecular flexibility index (Phi) is 3.16. The Morgan fingerprint density at radius 1 is 1.29 bits per heavy atom. The van der Waals surface area contributed by atoms with Gasteiger partial charge in [-0.2, -0.15) is 0 Å². The van der Waals surface area contributed by atoms with Crippen LogP contribution in [0.1, 0.15) is 18.1 Å². The fourth-order valence-corrected chi connectivity index (χ4v) is 1.66. The molecule has 0 aliphatic carbocycles. The highest BCUT2D eigenvalue weighted by atomic mass is 32.2. The lowest BCUT2D eigenvalue weighted by atomic mass is 10.1. The minimum absolute atomic E-state index is 0.0420. The van der Waals surface area contributed by atoms with Gasteiger partial charge in [-0.15, -0.1) is 5.69 Å². The zero-order valence-electron chi connectivity index (χ0n) is 8.61. The Bertz CT molecular complexity index is 424. The second-order valence-corrected chi connectivity index (χ2v) is 5.18. The second-order valence-electron chi connectivity index (χ2n) is 3.25. The van der Waals surface area contributed by atoms with E-state index in [1.54, 1.807) is 13.0 Å². The van der Waals surface area contributed by atoms with Crippen LogP contribution >= 0.6 is 0 Å². The summed E-state index contributed by atoms with van der Waals surface area (Å²) in [6.07, 6.45) is 0. The minimum atomic E-state index is -3.29. The number of hydrogen-bond donors (Lipinski definition) is 0. The normalized spacial score (nSPS) is 11.4. The molecule has 1 rings (SSSR count). The van der Waals surface area contributed by atoms with Gasteiger partial charge in [0.15, 0.2) is 0 Å². The van der Waals surface area contributed by atoms with E-state index < -0.39 is 10.0 Å². The summed E-state index contributed by atoms with van der Waals surface area (Å²) in [5.74, 6) is 0.0420. The van der Waals surface area contributed by atoms with Crippen LogP contribution in [0.15, 0.2) is 18.2 Å². The maximum Gasteiger partial charge on any atom is 0.0935 e. The lowest BCUT2D eigenvalue weighted by molar-refractivity contribution is 0.604. The summed E-state index contributed by atoms with van der Waals surface area (Å²) in [5, 5.41) is 0. The maximum absolute atomic E-state index is 11.3. The molecule has 0 atom stereocenters. The van der Waals surface area contributed by atoms with E-state index >= 15 is 0 Å². The van der Waals surface area contributed by atoms with Crippen molar-refractivity contribution >= 4 is 15.7 Å². The highest BCUT2D eigenvalue weighted by molar-refractivity contribution is 7.94. The van der Waals surface area contributed by atoms with Crippen molar-refractivity contribution in [1.29, 1.82) is 0 Å². The summed E-state index contributed by atoms with van der Waals surface area (Å²) in [7, 11) is -3.29. The van der Waals surface area contributed by atoms with Crippen molar-refractivity contribution in [2.45, 2.75) is 20.8 Å². The minimum Gasteiger partial charge on any atom is -0.577 e. The molecule has 0 aromatic heterocycles. The van der Waals surface area contributed by atoms with Crippen LogP contribution in [0.2, 0.25) is 0 Å². The molecule has 0 spiro atoms. The molecule has 0 unspecified atom stereocenters. The molecule has 1 aromatic carbocycles. The van der Waals surface area contributed by atoms with E-state index in [1.807, 2.05) is 26.0 Å². The lowest BCUT2D eigenvalue weighted by Gasteiger charge is -2.23. The van der Waals surface area contributed by atoms with Crippen molar-refractivity contribution < 1.29 is 8.42 Å². The molecule has 0 N–H and O–H groups in total. The predicted octanol–water partition coefficient (Wildman–Crippen LogP) is 2.66. The molecule has 0 fully saturated rings. The zero-order chi connectivity index (χ0) is 10.8. The predicted molar refractivity (Wildman–Crippen MR) is 58.4 cm³/mol. The average molecular weight is 212 g/mol. The number of benzene rings is 1. The number of nitrogens with zero attached hydrogens (tertiary/aromatic N) is 1. The van der Waals surface area contributed by atoms with Crippen molar-refractivity contribution in [3.63, 3.8) is 0 Å². The molecule has 0 aliphatic rings. The quantitative estimate of drug-likeness (QED) is 0.773. The van der Waals surface area contributed by atoms with E-state index in [4.69, 9.17) is 0 Å². The molecule has 0 amide bonds. The van der Waals surface area contributed by atoms with Gasteiger partial charge in [-0.1, -0.05) is 36.2 Å². The summed E-state index contributed by atoms with van der Waals surface area (Å²) >= 11 is 0. The van der Waals surface area contributed by atoms with E-state index in [-0.39, 0.29) is 5.75 Å². The Hall–Kier alpha value is -1.03. The molecular formula is C10H14NO2S-. The van der Waals surface area contributed by atoms with E-state index in [2.05, 4.69) is 4.72 Å². The Morgan fingerprint density at radius 3 is 2.50 bits per heavy atom. The van der Waals surface area contributed by atoms with Gasteiger partial charge in [0.25, 0.3) is 0 Å². The third kappa shape index (κ3) is 2.73. The summed E-state index contributed by atoms with van der Waals surface area (Å²) in [5.41, 5.74) is 2.44. The van der Waals surface area contributed by atoms with Crippen LogP contribution in [-0.2, 0) is 10.0 Å². The van der Waals surface area contributed by atoms with Crippen LogP contribution in [-0.4, -0.2) is 14.2 Å². The van der Waals surface area contributed by atoms with Gasteiger partial charge in [0.2, 0.25) is 0 Å². The molecule has 0 aliphatic heterocycles. The van der Waals surface area contributed by atoms with Gasteiger partial charge < -0.3 is 4.72 Å². The summed E-state index contributed by atoms with van der Waals surface area (Å²) in [6.45, 7) is 5.35. The molecule has 0 saturated carbocycles. The van der Waals surface area contributed by atoms with Gasteiger partial charge in [-0.05, 0) is 13.8 Å². The fourth-order valence-electron chi connectivity index (χ4n) is 1.03. The fraction of sp³-hybridized carbons (Fsp3) is 0.400. The number of sulfonamides is 1. The van der Waals surface area contributed by atoms with Gasteiger partial charge in [-0.25, -0.2) is 8.42 Å². The number of rotatable bonds is 3. The van der Waals surface area contributed by atoms with E-state index in [0.717, 1.165) is 11.1 Å². The van der Waals surface area contributed by atoms with Crippen LogP contribution in [0.3, 0.4) is 0 Å². The molecule has 1 aromatic rings. The van der Waals surface area contributed by atoms with Crippen LogP contribution < -0.4 is 0 Å². The smallest absolute Gasteiger partial charge is 0.0935 e. The molecule has 0 heterocycles. The van der Waals surface area contributed by atoms with E-state index in [1.165, 1.54) is 0 Å². The maximum atomic E-state index is 11.3. The largest absolute Gasteiger partial charge is 0.577 e. The van der Waals surface area contributed by atoms with Gasteiger partial charge >= 0.3 is 0 Å². The Labute approximate surface area is 85.2 Å². The first-order valence-corrected chi connectivity index (χ1v) is 6.08. The third-order valence-electron chi connectivity index (χ3n) is 1.97. The van der Waals surface area contributed by atoms with Gasteiger partial charge in [0.05, 0.1) is 10.0 Å². The van der Waals surface area contributed by atoms with Crippen LogP contribution in [0.4, 0.5) is 5.69 Å². The summed E-state index contributed by atoms with van der Waals surface area (Å²) in [6, 6.07) is 5.59. The molecule has 78 valence electrons. The first-order valence-electron chi connectivity index (χ1n) is 4.47. The second kappa shape index (κ2) is 4.00. The van der Waals surface area contributed by atoms with Gasteiger partial charge in [0, 0.05) is 5.75 Å². The van der Waals surface area contributed by atoms with Crippen molar-refractivity contribution in [3.8, 4) is 0 Å². The first-order chi connectivity index (χ1) is 6.44. The highest BCUT2D eigenvalue weighted by Crippen LogP contribution is 2.27. The molecule has 0 radical (unpaired) electrons. The van der Waals surface area contributed by atoms with Gasteiger partial charge in [-0.3, -0.25) is 0 Å². The summed E-state index contributed by atoms with van der Waals surface area (Å²) < 4.78 is 26.3. The van der Waals surface area contributed by atoms with Crippen molar-refractivity contribution in [2.75, 3.05) is 5.75 Å². The first kappa shape index (κ1) is 11.0. The van der Waals surface area contributed by atoms with Crippen LogP contribution in [0.25, 0.3) is 4.72 Å². The van der Waals surface area contributed by atoms with Crippen molar-refractivity contribution in [2.24, 2.45) is 0 Å². The van der Waals surface area contributed by atoms with Crippen molar-refractivity contribution in [3.05, 3.63) is 34.0 Å². The summed E-state index contributed by atoms with van der Waals surface area (Å²) in [4.78, 5) is 0. The molecule has 3 nitrogen and oxygen atoms in total. The topological polar surface area (TPSA) is 48.2 Å². The van der Waals surface area contributed by atoms with Gasteiger partial charge in [0.1, 0.15) is 0 Å². The van der Waals surface area contributed by atoms with Crippen LogP contribution in [0.5, 0.6) is 0 Å². The molecular weight excluding hydrogens is 198 g/mol. The SMILES string of the molecule is CCS(=O)(=O)[N-]c1cc(C)ccc1C.